The van der Waals surface area contributed by atoms with E-state index >= 15 is 0 Å². The van der Waals surface area contributed by atoms with Gasteiger partial charge in [-0.25, -0.2) is 4.98 Å². The van der Waals surface area contributed by atoms with Crippen LogP contribution < -0.4 is 11.1 Å². The maximum absolute atomic E-state index is 11.8. The summed E-state index contributed by atoms with van der Waals surface area (Å²) in [6.45, 7) is 2.16. The summed E-state index contributed by atoms with van der Waals surface area (Å²) in [5.41, 5.74) is 6.03. The van der Waals surface area contributed by atoms with Crippen LogP contribution in [0.4, 0.5) is 5.69 Å². The maximum Gasteiger partial charge on any atom is 0.251 e. The van der Waals surface area contributed by atoms with Gasteiger partial charge in [-0.3, -0.25) is 4.79 Å². The number of aromatic hydroxyl groups is 1. The second-order valence-corrected chi connectivity index (χ2v) is 4.03. The van der Waals surface area contributed by atoms with Crippen LogP contribution in [0.5, 0.6) is 5.75 Å². The summed E-state index contributed by atoms with van der Waals surface area (Å²) in [6, 6.07) is 4.33. The third kappa shape index (κ3) is 3.04. The van der Waals surface area contributed by atoms with Gasteiger partial charge in [-0.2, -0.15) is 0 Å². The van der Waals surface area contributed by atoms with Crippen LogP contribution in [0.3, 0.4) is 0 Å². The molecule has 0 saturated heterocycles. The fraction of sp³-hybridized carbons (Fsp3) is 0.231. The summed E-state index contributed by atoms with van der Waals surface area (Å²) >= 11 is 0. The maximum atomic E-state index is 11.8. The molecule has 0 saturated carbocycles. The second kappa shape index (κ2) is 5.43. The predicted octanol–water partition coefficient (Wildman–Crippen LogP) is 1.45. The number of rotatable bonds is 4. The van der Waals surface area contributed by atoms with E-state index in [9.17, 15) is 9.90 Å². The molecule has 0 aliphatic carbocycles. The van der Waals surface area contributed by atoms with Crippen LogP contribution in [0.15, 0.2) is 28.8 Å². The van der Waals surface area contributed by atoms with Crippen LogP contribution in [-0.2, 0) is 13.0 Å². The van der Waals surface area contributed by atoms with Gasteiger partial charge in [0.25, 0.3) is 5.91 Å². The number of carbonyl (C=O) groups is 1. The lowest BCUT2D eigenvalue weighted by Gasteiger charge is -2.04. The van der Waals surface area contributed by atoms with Crippen molar-refractivity contribution in [2.75, 3.05) is 5.73 Å². The number of amides is 1. The minimum Gasteiger partial charge on any atom is -0.506 e. The van der Waals surface area contributed by atoms with Crippen molar-refractivity contribution in [3.63, 3.8) is 0 Å². The number of carbonyl (C=O) groups excluding carboxylic acids is 1. The Hall–Kier alpha value is -2.50. The second-order valence-electron chi connectivity index (χ2n) is 4.03. The zero-order chi connectivity index (χ0) is 13.8. The van der Waals surface area contributed by atoms with E-state index in [4.69, 9.17) is 10.2 Å². The summed E-state index contributed by atoms with van der Waals surface area (Å²) in [7, 11) is 0. The van der Waals surface area contributed by atoms with Crippen LogP contribution in [0.2, 0.25) is 0 Å². The third-order valence-corrected chi connectivity index (χ3v) is 2.64. The van der Waals surface area contributed by atoms with Crippen LogP contribution in [-0.4, -0.2) is 16.0 Å². The van der Waals surface area contributed by atoms with Gasteiger partial charge in [0.15, 0.2) is 0 Å². The molecule has 1 aromatic carbocycles. The molecule has 0 fully saturated rings. The number of phenols is 1. The van der Waals surface area contributed by atoms with E-state index in [1.807, 2.05) is 6.92 Å². The Morgan fingerprint density at radius 1 is 1.53 bits per heavy atom. The fourth-order valence-electron chi connectivity index (χ4n) is 1.54. The molecule has 0 aliphatic heterocycles. The standard InChI is InChI=1S/C13H15N3O3/c1-2-9-6-15-12(19-9)7-16-13(18)8-3-4-10(14)11(17)5-8/h3-6,17H,2,7,14H2,1H3,(H,16,18). The van der Waals surface area contributed by atoms with Gasteiger partial charge in [-0.15, -0.1) is 0 Å². The SMILES string of the molecule is CCc1cnc(CNC(=O)c2ccc(N)c(O)c2)o1. The highest BCUT2D eigenvalue weighted by Crippen LogP contribution is 2.20. The Morgan fingerprint density at radius 3 is 2.95 bits per heavy atom. The van der Waals surface area contributed by atoms with Gasteiger partial charge < -0.3 is 20.6 Å². The number of hydrogen-bond donors (Lipinski definition) is 3. The van der Waals surface area contributed by atoms with Crippen LogP contribution in [0, 0.1) is 0 Å². The predicted molar refractivity (Wildman–Crippen MR) is 69.6 cm³/mol. The minimum atomic E-state index is -0.327. The van der Waals surface area contributed by atoms with Crippen molar-refractivity contribution < 1.29 is 14.3 Å². The molecule has 0 spiro atoms. The Morgan fingerprint density at radius 2 is 2.32 bits per heavy atom. The fourth-order valence-corrected chi connectivity index (χ4v) is 1.54. The number of anilines is 1. The smallest absolute Gasteiger partial charge is 0.251 e. The number of benzene rings is 1. The highest BCUT2D eigenvalue weighted by atomic mass is 16.4. The molecule has 0 unspecified atom stereocenters. The number of aryl methyl sites for hydroxylation is 1. The monoisotopic (exact) mass is 261 g/mol. The van der Waals surface area contributed by atoms with Crippen molar-refractivity contribution in [2.45, 2.75) is 19.9 Å². The number of hydrogen-bond acceptors (Lipinski definition) is 5. The van der Waals surface area contributed by atoms with Crippen molar-refractivity contribution in [2.24, 2.45) is 0 Å². The number of nitrogens with two attached hydrogens (primary N) is 1. The normalized spacial score (nSPS) is 10.4. The summed E-state index contributed by atoms with van der Waals surface area (Å²) in [6.07, 6.45) is 2.39. The lowest BCUT2D eigenvalue weighted by atomic mass is 10.2. The zero-order valence-corrected chi connectivity index (χ0v) is 10.5. The Bertz CT molecular complexity index is 593. The number of oxazole rings is 1. The van der Waals surface area contributed by atoms with E-state index in [2.05, 4.69) is 10.3 Å². The molecule has 2 rings (SSSR count). The quantitative estimate of drug-likeness (QED) is 0.571. The highest BCUT2D eigenvalue weighted by molar-refractivity contribution is 5.95. The molecule has 6 heteroatoms. The lowest BCUT2D eigenvalue weighted by molar-refractivity contribution is 0.0946. The van der Waals surface area contributed by atoms with Gasteiger partial charge in [0, 0.05) is 12.0 Å². The molecular weight excluding hydrogens is 246 g/mol. The van der Waals surface area contributed by atoms with Gasteiger partial charge in [-0.05, 0) is 18.2 Å². The lowest BCUT2D eigenvalue weighted by Crippen LogP contribution is -2.22. The molecule has 1 heterocycles. The Balaban J connectivity index is 1.99. The molecule has 2 aromatic rings. The third-order valence-electron chi connectivity index (χ3n) is 2.64. The Kier molecular flexibility index (Phi) is 3.70. The molecule has 4 N–H and O–H groups in total. The first-order chi connectivity index (χ1) is 9.10. The molecule has 19 heavy (non-hydrogen) atoms. The first-order valence-corrected chi connectivity index (χ1v) is 5.90. The number of nitrogens with one attached hydrogen (secondary N) is 1. The average molecular weight is 261 g/mol. The Labute approximate surface area is 110 Å². The minimum absolute atomic E-state index is 0.114. The van der Waals surface area contributed by atoms with Gasteiger partial charge >= 0.3 is 0 Å². The molecular formula is C13H15N3O3. The van der Waals surface area contributed by atoms with Gasteiger partial charge in [-0.1, -0.05) is 6.92 Å². The van der Waals surface area contributed by atoms with E-state index in [-0.39, 0.29) is 23.9 Å². The van der Waals surface area contributed by atoms with E-state index in [0.29, 0.717) is 11.5 Å². The van der Waals surface area contributed by atoms with E-state index < -0.39 is 0 Å². The number of phenolic OH excluding ortho intramolecular Hbond substituents is 1. The molecule has 0 radical (unpaired) electrons. The van der Waals surface area contributed by atoms with E-state index in [0.717, 1.165) is 12.2 Å². The summed E-state index contributed by atoms with van der Waals surface area (Å²) in [5.74, 6) is 0.780. The van der Waals surface area contributed by atoms with Crippen molar-refractivity contribution in [3.8, 4) is 5.75 Å². The number of nitrogen functional groups attached to an aromatic ring is 1. The molecule has 6 nitrogen and oxygen atoms in total. The number of nitrogens with zero attached hydrogens (tertiary/aromatic N) is 1. The van der Waals surface area contributed by atoms with Crippen molar-refractivity contribution in [1.82, 2.24) is 10.3 Å². The van der Waals surface area contributed by atoms with Gasteiger partial charge in [0.2, 0.25) is 5.89 Å². The molecule has 0 atom stereocenters. The van der Waals surface area contributed by atoms with Gasteiger partial charge in [0.1, 0.15) is 11.5 Å². The van der Waals surface area contributed by atoms with Crippen LogP contribution in [0.1, 0.15) is 28.9 Å². The zero-order valence-electron chi connectivity index (χ0n) is 10.5. The summed E-state index contributed by atoms with van der Waals surface area (Å²) in [5, 5.41) is 12.1. The molecule has 0 bridgehead atoms. The molecule has 0 aliphatic rings. The van der Waals surface area contributed by atoms with Crippen molar-refractivity contribution in [3.05, 3.63) is 41.6 Å². The van der Waals surface area contributed by atoms with Crippen molar-refractivity contribution in [1.29, 1.82) is 0 Å². The van der Waals surface area contributed by atoms with Gasteiger partial charge in [0.05, 0.1) is 18.4 Å². The van der Waals surface area contributed by atoms with Crippen molar-refractivity contribution >= 4 is 11.6 Å². The summed E-state index contributed by atoms with van der Waals surface area (Å²) < 4.78 is 5.37. The molecule has 1 aromatic heterocycles. The van der Waals surface area contributed by atoms with Crippen LogP contribution >= 0.6 is 0 Å². The topological polar surface area (TPSA) is 101 Å². The molecule has 100 valence electrons. The molecule has 1 amide bonds. The highest BCUT2D eigenvalue weighted by Gasteiger charge is 2.09. The largest absolute Gasteiger partial charge is 0.506 e. The summed E-state index contributed by atoms with van der Waals surface area (Å²) in [4.78, 5) is 15.9. The average Bonchev–Trinajstić information content (AvgIpc) is 2.87. The first-order valence-electron chi connectivity index (χ1n) is 5.90. The first kappa shape index (κ1) is 12.9. The van der Waals surface area contributed by atoms with E-state index in [1.165, 1.54) is 18.2 Å². The van der Waals surface area contributed by atoms with Crippen LogP contribution in [0.25, 0.3) is 0 Å². The number of aromatic nitrogens is 1. The van der Waals surface area contributed by atoms with E-state index in [1.54, 1.807) is 6.20 Å².